The number of anilines is 1. The van der Waals surface area contributed by atoms with Crippen LogP contribution in [0.1, 0.15) is 11.1 Å². The number of nitro benzene ring substituents is 1. The standard InChI is InChI=1S/C15H14F2N2O3/c1-10-8-12(19(20)21)6-7-13(10)18-9-11-4-2-3-5-14(11)22-15(16)17/h2-8,15,18H,9H2,1H3. The fraction of sp³-hybridized carbons (Fsp3) is 0.200. The topological polar surface area (TPSA) is 64.4 Å². The molecule has 2 aromatic rings. The van der Waals surface area contributed by atoms with E-state index in [1.807, 2.05) is 0 Å². The average molecular weight is 308 g/mol. The van der Waals surface area contributed by atoms with E-state index in [-0.39, 0.29) is 18.0 Å². The van der Waals surface area contributed by atoms with Gasteiger partial charge in [-0.2, -0.15) is 8.78 Å². The van der Waals surface area contributed by atoms with E-state index in [4.69, 9.17) is 0 Å². The number of aryl methyl sites for hydroxylation is 1. The highest BCUT2D eigenvalue weighted by atomic mass is 19.3. The average Bonchev–Trinajstić information content (AvgIpc) is 2.46. The summed E-state index contributed by atoms with van der Waals surface area (Å²) in [4.78, 5) is 10.2. The lowest BCUT2D eigenvalue weighted by atomic mass is 10.1. The van der Waals surface area contributed by atoms with Gasteiger partial charge in [-0.05, 0) is 24.6 Å². The molecule has 0 aliphatic rings. The molecule has 0 aliphatic heterocycles. The Morgan fingerprint density at radius 2 is 2.00 bits per heavy atom. The second-order valence-corrected chi connectivity index (χ2v) is 4.60. The number of nitrogens with zero attached hydrogens (tertiary/aromatic N) is 1. The molecule has 0 amide bonds. The number of non-ortho nitro benzene ring substituents is 1. The van der Waals surface area contributed by atoms with Crippen LogP contribution in [0.15, 0.2) is 42.5 Å². The Morgan fingerprint density at radius 3 is 2.64 bits per heavy atom. The van der Waals surface area contributed by atoms with Crippen molar-refractivity contribution in [1.82, 2.24) is 0 Å². The zero-order valence-corrected chi connectivity index (χ0v) is 11.8. The Morgan fingerprint density at radius 1 is 1.27 bits per heavy atom. The lowest BCUT2D eigenvalue weighted by Crippen LogP contribution is -2.07. The summed E-state index contributed by atoms with van der Waals surface area (Å²) < 4.78 is 29.1. The molecule has 0 heterocycles. The fourth-order valence-electron chi connectivity index (χ4n) is 2.01. The zero-order valence-electron chi connectivity index (χ0n) is 11.8. The predicted molar refractivity (Wildman–Crippen MR) is 78.2 cm³/mol. The lowest BCUT2D eigenvalue weighted by Gasteiger charge is -2.13. The van der Waals surface area contributed by atoms with E-state index >= 15 is 0 Å². The van der Waals surface area contributed by atoms with Gasteiger partial charge < -0.3 is 10.1 Å². The van der Waals surface area contributed by atoms with E-state index in [2.05, 4.69) is 10.1 Å². The third kappa shape index (κ3) is 3.91. The van der Waals surface area contributed by atoms with Crippen molar-refractivity contribution in [3.63, 3.8) is 0 Å². The van der Waals surface area contributed by atoms with Gasteiger partial charge in [0.1, 0.15) is 5.75 Å². The number of para-hydroxylation sites is 1. The van der Waals surface area contributed by atoms with Crippen LogP contribution >= 0.6 is 0 Å². The second kappa shape index (κ2) is 6.84. The van der Waals surface area contributed by atoms with Crippen molar-refractivity contribution in [2.75, 3.05) is 5.32 Å². The quantitative estimate of drug-likeness (QED) is 0.644. The van der Waals surface area contributed by atoms with Crippen molar-refractivity contribution in [3.8, 4) is 5.75 Å². The zero-order chi connectivity index (χ0) is 16.1. The molecule has 0 aromatic heterocycles. The number of rotatable bonds is 6. The van der Waals surface area contributed by atoms with Gasteiger partial charge in [-0.15, -0.1) is 0 Å². The van der Waals surface area contributed by atoms with E-state index in [0.717, 1.165) is 0 Å². The summed E-state index contributed by atoms with van der Waals surface area (Å²) in [6, 6.07) is 10.9. The number of nitro groups is 1. The van der Waals surface area contributed by atoms with Crippen LogP contribution in [0.5, 0.6) is 5.75 Å². The molecule has 0 saturated heterocycles. The van der Waals surface area contributed by atoms with Crippen molar-refractivity contribution >= 4 is 11.4 Å². The van der Waals surface area contributed by atoms with Gasteiger partial charge in [0.05, 0.1) is 4.92 Å². The SMILES string of the molecule is Cc1cc([N+](=O)[O-])ccc1NCc1ccccc1OC(F)F. The van der Waals surface area contributed by atoms with Crippen molar-refractivity contribution in [2.24, 2.45) is 0 Å². The summed E-state index contributed by atoms with van der Waals surface area (Å²) >= 11 is 0. The smallest absolute Gasteiger partial charge is 0.387 e. The number of hydrogen-bond acceptors (Lipinski definition) is 4. The highest BCUT2D eigenvalue weighted by Crippen LogP contribution is 2.24. The Bertz CT molecular complexity index is 678. The summed E-state index contributed by atoms with van der Waals surface area (Å²) in [5.41, 5.74) is 1.96. The van der Waals surface area contributed by atoms with Gasteiger partial charge >= 0.3 is 6.61 Å². The molecule has 2 aromatic carbocycles. The number of halogens is 2. The molecule has 7 heteroatoms. The highest BCUT2D eigenvalue weighted by molar-refractivity contribution is 5.56. The van der Waals surface area contributed by atoms with Gasteiger partial charge in [-0.1, -0.05) is 18.2 Å². The minimum Gasteiger partial charge on any atom is -0.434 e. The molecule has 0 radical (unpaired) electrons. The van der Waals surface area contributed by atoms with Gasteiger partial charge in [-0.3, -0.25) is 10.1 Å². The second-order valence-electron chi connectivity index (χ2n) is 4.60. The van der Waals surface area contributed by atoms with Gasteiger partial charge in [0.2, 0.25) is 0 Å². The van der Waals surface area contributed by atoms with Crippen LogP contribution in [0.4, 0.5) is 20.2 Å². The van der Waals surface area contributed by atoms with Crippen LogP contribution in [0.2, 0.25) is 0 Å². The molecular weight excluding hydrogens is 294 g/mol. The van der Waals surface area contributed by atoms with Crippen LogP contribution in [0.3, 0.4) is 0 Å². The van der Waals surface area contributed by atoms with Gasteiger partial charge in [0.15, 0.2) is 0 Å². The highest BCUT2D eigenvalue weighted by Gasteiger charge is 2.11. The van der Waals surface area contributed by atoms with Crippen LogP contribution in [-0.2, 0) is 6.54 Å². The summed E-state index contributed by atoms with van der Waals surface area (Å²) in [6.45, 7) is -0.888. The first-order valence-electron chi connectivity index (χ1n) is 6.49. The number of nitrogens with one attached hydrogen (secondary N) is 1. The maximum atomic E-state index is 12.3. The number of benzene rings is 2. The summed E-state index contributed by atoms with van der Waals surface area (Å²) in [7, 11) is 0. The van der Waals surface area contributed by atoms with E-state index in [1.54, 1.807) is 31.2 Å². The first-order chi connectivity index (χ1) is 10.5. The monoisotopic (exact) mass is 308 g/mol. The summed E-state index contributed by atoms with van der Waals surface area (Å²) in [5, 5.41) is 13.8. The number of hydrogen-bond donors (Lipinski definition) is 1. The summed E-state index contributed by atoms with van der Waals surface area (Å²) in [6.07, 6.45) is 0. The molecule has 0 atom stereocenters. The number of alkyl halides is 2. The molecule has 0 bridgehead atoms. The van der Waals surface area contributed by atoms with Gasteiger partial charge in [0, 0.05) is 29.9 Å². The Labute approximate surface area is 125 Å². The van der Waals surface area contributed by atoms with Crippen molar-refractivity contribution in [1.29, 1.82) is 0 Å². The van der Waals surface area contributed by atoms with Crippen LogP contribution in [-0.4, -0.2) is 11.5 Å². The van der Waals surface area contributed by atoms with Crippen molar-refractivity contribution < 1.29 is 18.4 Å². The van der Waals surface area contributed by atoms with Crippen molar-refractivity contribution in [3.05, 3.63) is 63.7 Å². The minimum atomic E-state index is -2.89. The molecule has 116 valence electrons. The molecular formula is C15H14F2N2O3. The van der Waals surface area contributed by atoms with Crippen LogP contribution in [0, 0.1) is 17.0 Å². The molecule has 0 fully saturated rings. The minimum absolute atomic E-state index is 0.00415. The molecule has 1 N–H and O–H groups in total. The van der Waals surface area contributed by atoms with E-state index < -0.39 is 11.5 Å². The fourth-order valence-corrected chi connectivity index (χ4v) is 2.01. The Hall–Kier alpha value is -2.70. The third-order valence-corrected chi connectivity index (χ3v) is 3.08. The first kappa shape index (κ1) is 15.7. The third-order valence-electron chi connectivity index (χ3n) is 3.08. The Balaban J connectivity index is 2.12. The molecule has 22 heavy (non-hydrogen) atoms. The maximum absolute atomic E-state index is 12.3. The molecule has 5 nitrogen and oxygen atoms in total. The molecule has 0 spiro atoms. The number of ether oxygens (including phenoxy) is 1. The molecule has 0 saturated carbocycles. The maximum Gasteiger partial charge on any atom is 0.387 e. The Kier molecular flexibility index (Phi) is 4.88. The van der Waals surface area contributed by atoms with E-state index in [0.29, 0.717) is 16.8 Å². The van der Waals surface area contributed by atoms with Crippen molar-refractivity contribution in [2.45, 2.75) is 20.1 Å². The van der Waals surface area contributed by atoms with Crippen LogP contribution < -0.4 is 10.1 Å². The normalized spacial score (nSPS) is 10.5. The summed E-state index contributed by atoms with van der Waals surface area (Å²) in [5.74, 6) is 0.101. The predicted octanol–water partition coefficient (Wildman–Crippen LogP) is 4.12. The van der Waals surface area contributed by atoms with Crippen LogP contribution in [0.25, 0.3) is 0 Å². The van der Waals surface area contributed by atoms with E-state index in [9.17, 15) is 18.9 Å². The van der Waals surface area contributed by atoms with E-state index in [1.165, 1.54) is 18.2 Å². The largest absolute Gasteiger partial charge is 0.434 e. The first-order valence-corrected chi connectivity index (χ1v) is 6.49. The molecule has 0 aliphatic carbocycles. The molecule has 0 unspecified atom stereocenters. The van der Waals surface area contributed by atoms with Gasteiger partial charge in [0.25, 0.3) is 5.69 Å². The lowest BCUT2D eigenvalue weighted by molar-refractivity contribution is -0.384. The van der Waals surface area contributed by atoms with Gasteiger partial charge in [-0.25, -0.2) is 0 Å². The molecule has 2 rings (SSSR count).